The van der Waals surface area contributed by atoms with Crippen molar-refractivity contribution in [2.75, 3.05) is 34.5 Å². The van der Waals surface area contributed by atoms with Crippen molar-refractivity contribution in [1.29, 1.82) is 0 Å². The van der Waals surface area contributed by atoms with Crippen molar-refractivity contribution in [2.24, 2.45) is 0 Å². The number of rotatable bonds is 11. The smallest absolute Gasteiger partial charge is 0.355 e. The molecule has 1 heterocycles. The van der Waals surface area contributed by atoms with E-state index in [1.807, 2.05) is 32.0 Å². The molecule has 8 heteroatoms. The van der Waals surface area contributed by atoms with Crippen molar-refractivity contribution < 1.29 is 28.5 Å². The van der Waals surface area contributed by atoms with Crippen LogP contribution in [0.3, 0.4) is 0 Å². The first-order valence-electron chi connectivity index (χ1n) is 11.8. The normalized spacial score (nSPS) is 10.6. The number of amides is 1. The summed E-state index contributed by atoms with van der Waals surface area (Å²) < 4.78 is 21.2. The second-order valence-electron chi connectivity index (χ2n) is 8.34. The molecule has 0 saturated heterocycles. The van der Waals surface area contributed by atoms with E-state index in [9.17, 15) is 9.59 Å². The maximum atomic E-state index is 13.6. The molecule has 1 amide bonds. The standard InChI is InChI=1S/C28H34N2O6/c1-7-36-28(32)26-18(2)23(19(3)29-26)17-30(27(31)21-9-11-22(33-4)12-10-21)15-14-20-8-13-24(34-5)25(16-20)35-6/h8-13,16,29H,7,14-15,17H2,1-6H3. The first-order chi connectivity index (χ1) is 17.3. The third-order valence-electron chi connectivity index (χ3n) is 6.16. The van der Waals surface area contributed by atoms with Crippen molar-refractivity contribution in [3.63, 3.8) is 0 Å². The van der Waals surface area contributed by atoms with Crippen LogP contribution in [0.4, 0.5) is 0 Å². The van der Waals surface area contributed by atoms with Crippen LogP contribution in [-0.4, -0.2) is 56.2 Å². The first-order valence-corrected chi connectivity index (χ1v) is 11.8. The lowest BCUT2D eigenvalue weighted by Gasteiger charge is -2.24. The molecule has 192 valence electrons. The highest BCUT2D eigenvalue weighted by Gasteiger charge is 2.23. The molecule has 0 spiro atoms. The Labute approximate surface area is 212 Å². The van der Waals surface area contributed by atoms with Gasteiger partial charge in [-0.05, 0) is 80.3 Å². The molecular weight excluding hydrogens is 460 g/mol. The molecule has 1 aromatic heterocycles. The van der Waals surface area contributed by atoms with Crippen molar-refractivity contribution in [3.8, 4) is 17.2 Å². The molecule has 1 N–H and O–H groups in total. The predicted octanol–water partition coefficient (Wildman–Crippen LogP) is 4.72. The van der Waals surface area contributed by atoms with E-state index >= 15 is 0 Å². The van der Waals surface area contributed by atoms with Gasteiger partial charge < -0.3 is 28.8 Å². The van der Waals surface area contributed by atoms with Crippen molar-refractivity contribution >= 4 is 11.9 Å². The largest absolute Gasteiger partial charge is 0.497 e. The van der Waals surface area contributed by atoms with E-state index < -0.39 is 5.97 Å². The number of carbonyl (C=O) groups is 2. The minimum Gasteiger partial charge on any atom is -0.497 e. The summed E-state index contributed by atoms with van der Waals surface area (Å²) in [4.78, 5) is 30.9. The molecule has 3 aromatic rings. The zero-order chi connectivity index (χ0) is 26.2. The number of esters is 1. The molecule has 0 atom stereocenters. The lowest BCUT2D eigenvalue weighted by atomic mass is 10.1. The second-order valence-corrected chi connectivity index (χ2v) is 8.34. The molecule has 0 aliphatic heterocycles. The van der Waals surface area contributed by atoms with E-state index in [0.717, 1.165) is 22.4 Å². The van der Waals surface area contributed by atoms with Crippen LogP contribution in [0.15, 0.2) is 42.5 Å². The predicted molar refractivity (Wildman–Crippen MR) is 137 cm³/mol. The maximum absolute atomic E-state index is 13.6. The summed E-state index contributed by atoms with van der Waals surface area (Å²) in [5.41, 5.74) is 4.49. The number of nitrogens with one attached hydrogen (secondary N) is 1. The van der Waals surface area contributed by atoms with Gasteiger partial charge in [0.2, 0.25) is 0 Å². The van der Waals surface area contributed by atoms with Gasteiger partial charge in [-0.1, -0.05) is 6.07 Å². The second kappa shape index (κ2) is 12.2. The van der Waals surface area contributed by atoms with Gasteiger partial charge in [0.1, 0.15) is 11.4 Å². The van der Waals surface area contributed by atoms with Gasteiger partial charge in [0.15, 0.2) is 11.5 Å². The summed E-state index contributed by atoms with van der Waals surface area (Å²) in [6, 6.07) is 12.8. The van der Waals surface area contributed by atoms with E-state index in [4.69, 9.17) is 18.9 Å². The van der Waals surface area contributed by atoms with E-state index in [2.05, 4.69) is 4.98 Å². The number of methoxy groups -OCH3 is 3. The number of ether oxygens (including phenoxy) is 4. The summed E-state index contributed by atoms with van der Waals surface area (Å²) in [7, 11) is 4.78. The van der Waals surface area contributed by atoms with Crippen LogP contribution in [0.25, 0.3) is 0 Å². The SMILES string of the molecule is CCOC(=O)c1[nH]c(C)c(CN(CCc2ccc(OC)c(OC)c2)C(=O)c2ccc(OC)cc2)c1C. The van der Waals surface area contributed by atoms with Gasteiger partial charge in [-0.3, -0.25) is 4.79 Å². The molecule has 0 aliphatic rings. The van der Waals surface area contributed by atoms with Crippen LogP contribution in [0.5, 0.6) is 17.2 Å². The topological polar surface area (TPSA) is 90.1 Å². The van der Waals surface area contributed by atoms with Gasteiger partial charge in [0.25, 0.3) is 5.91 Å². The molecular formula is C28H34N2O6. The summed E-state index contributed by atoms with van der Waals surface area (Å²) in [5, 5.41) is 0. The highest BCUT2D eigenvalue weighted by atomic mass is 16.5. The number of hydrogen-bond donors (Lipinski definition) is 1. The molecule has 0 unspecified atom stereocenters. The minimum absolute atomic E-state index is 0.115. The third-order valence-corrected chi connectivity index (χ3v) is 6.16. The molecule has 3 rings (SSSR count). The molecule has 8 nitrogen and oxygen atoms in total. The summed E-state index contributed by atoms with van der Waals surface area (Å²) >= 11 is 0. The fourth-order valence-electron chi connectivity index (χ4n) is 4.09. The Morgan fingerprint density at radius 3 is 2.22 bits per heavy atom. The number of nitrogens with zero attached hydrogens (tertiary/aromatic N) is 1. The van der Waals surface area contributed by atoms with Gasteiger partial charge in [0, 0.05) is 24.3 Å². The maximum Gasteiger partial charge on any atom is 0.355 e. The van der Waals surface area contributed by atoms with E-state index in [1.165, 1.54) is 0 Å². The molecule has 2 aromatic carbocycles. The molecule has 0 fully saturated rings. The molecule has 0 radical (unpaired) electrons. The number of carbonyl (C=O) groups excluding carboxylic acids is 2. The average Bonchev–Trinajstić information content (AvgIpc) is 3.18. The molecule has 36 heavy (non-hydrogen) atoms. The number of aromatic nitrogens is 1. The number of benzene rings is 2. The Hall–Kier alpha value is -3.94. The fraction of sp³-hybridized carbons (Fsp3) is 0.357. The van der Waals surface area contributed by atoms with Gasteiger partial charge >= 0.3 is 5.97 Å². The van der Waals surface area contributed by atoms with E-state index in [0.29, 0.717) is 54.6 Å². The van der Waals surface area contributed by atoms with Crippen molar-refractivity contribution in [1.82, 2.24) is 9.88 Å². The monoisotopic (exact) mass is 494 g/mol. The number of aromatic amines is 1. The Kier molecular flexibility index (Phi) is 9.00. The Balaban J connectivity index is 1.90. The van der Waals surface area contributed by atoms with Crippen LogP contribution < -0.4 is 14.2 Å². The quantitative estimate of drug-likeness (QED) is 0.388. The average molecular weight is 495 g/mol. The highest BCUT2D eigenvalue weighted by molar-refractivity contribution is 5.94. The van der Waals surface area contributed by atoms with Crippen LogP contribution in [0.2, 0.25) is 0 Å². The van der Waals surface area contributed by atoms with Crippen molar-refractivity contribution in [3.05, 3.63) is 76.1 Å². The van der Waals surface area contributed by atoms with Crippen LogP contribution in [0, 0.1) is 13.8 Å². The van der Waals surface area contributed by atoms with Crippen LogP contribution >= 0.6 is 0 Å². The lowest BCUT2D eigenvalue weighted by molar-refractivity contribution is 0.0519. The van der Waals surface area contributed by atoms with Crippen LogP contribution in [-0.2, 0) is 17.7 Å². The van der Waals surface area contributed by atoms with Crippen molar-refractivity contribution in [2.45, 2.75) is 33.7 Å². The van der Waals surface area contributed by atoms with Crippen LogP contribution in [0.1, 0.15) is 50.2 Å². The third kappa shape index (κ3) is 6.00. The molecule has 0 saturated carbocycles. The van der Waals surface area contributed by atoms with Gasteiger partial charge in [-0.25, -0.2) is 4.79 Å². The molecule has 0 bridgehead atoms. The number of H-pyrrole nitrogens is 1. The number of hydrogen-bond acceptors (Lipinski definition) is 6. The summed E-state index contributed by atoms with van der Waals surface area (Å²) in [5.74, 6) is 1.45. The Morgan fingerprint density at radius 2 is 1.61 bits per heavy atom. The zero-order valence-electron chi connectivity index (χ0n) is 21.8. The first kappa shape index (κ1) is 26.7. The lowest BCUT2D eigenvalue weighted by Crippen LogP contribution is -2.33. The highest BCUT2D eigenvalue weighted by Crippen LogP contribution is 2.28. The Bertz CT molecular complexity index is 1200. The van der Waals surface area contributed by atoms with E-state index in [-0.39, 0.29) is 5.91 Å². The Morgan fingerprint density at radius 1 is 0.917 bits per heavy atom. The van der Waals surface area contributed by atoms with Gasteiger partial charge in [-0.15, -0.1) is 0 Å². The minimum atomic E-state index is -0.400. The molecule has 0 aliphatic carbocycles. The van der Waals surface area contributed by atoms with Gasteiger partial charge in [-0.2, -0.15) is 0 Å². The fourth-order valence-corrected chi connectivity index (χ4v) is 4.09. The van der Waals surface area contributed by atoms with Gasteiger partial charge in [0.05, 0.1) is 27.9 Å². The number of aryl methyl sites for hydroxylation is 1. The van der Waals surface area contributed by atoms with E-state index in [1.54, 1.807) is 57.4 Å². The summed E-state index contributed by atoms with van der Waals surface area (Å²) in [6.45, 7) is 6.63. The zero-order valence-corrected chi connectivity index (χ0v) is 21.8. The summed E-state index contributed by atoms with van der Waals surface area (Å²) in [6.07, 6.45) is 0.607.